The van der Waals surface area contributed by atoms with E-state index in [1.54, 1.807) is 24.3 Å². The zero-order chi connectivity index (χ0) is 16.5. The Morgan fingerprint density at radius 2 is 1.87 bits per heavy atom. The van der Waals surface area contributed by atoms with E-state index in [9.17, 15) is 9.59 Å². The lowest BCUT2D eigenvalue weighted by molar-refractivity contribution is -0.121. The van der Waals surface area contributed by atoms with Crippen LogP contribution in [0.5, 0.6) is 0 Å². The quantitative estimate of drug-likeness (QED) is 0.729. The molecule has 1 heterocycles. The summed E-state index contributed by atoms with van der Waals surface area (Å²) >= 11 is 0. The van der Waals surface area contributed by atoms with Crippen LogP contribution in [0.15, 0.2) is 47.1 Å². The number of anilines is 1. The van der Waals surface area contributed by atoms with Crippen LogP contribution in [0.4, 0.5) is 5.69 Å². The van der Waals surface area contributed by atoms with Crippen LogP contribution < -0.4 is 10.6 Å². The lowest BCUT2D eigenvalue weighted by Gasteiger charge is -2.07. The molecule has 0 unspecified atom stereocenters. The molecule has 0 atom stereocenters. The number of nitrogens with one attached hydrogen (secondary N) is 2. The molecular weight excluding hydrogens is 292 g/mol. The number of hydrogen-bond donors (Lipinski definition) is 2. The molecule has 0 fully saturated rings. The van der Waals surface area contributed by atoms with Crippen molar-refractivity contribution >= 4 is 17.5 Å². The first-order valence-electron chi connectivity index (χ1n) is 7.89. The van der Waals surface area contributed by atoms with Gasteiger partial charge in [-0.15, -0.1) is 0 Å². The molecule has 1 aromatic heterocycles. The third-order valence-corrected chi connectivity index (χ3v) is 3.45. The van der Waals surface area contributed by atoms with E-state index in [0.29, 0.717) is 18.7 Å². The van der Waals surface area contributed by atoms with E-state index in [2.05, 4.69) is 17.6 Å². The van der Waals surface area contributed by atoms with Crippen LogP contribution in [0.3, 0.4) is 0 Å². The topological polar surface area (TPSA) is 71.3 Å². The second-order valence-electron chi connectivity index (χ2n) is 5.36. The van der Waals surface area contributed by atoms with Crippen LogP contribution in [0.2, 0.25) is 0 Å². The lowest BCUT2D eigenvalue weighted by Crippen LogP contribution is -2.22. The van der Waals surface area contributed by atoms with Gasteiger partial charge in [0, 0.05) is 18.7 Å². The van der Waals surface area contributed by atoms with E-state index >= 15 is 0 Å². The fraction of sp³-hybridized carbons (Fsp3) is 0.333. The van der Waals surface area contributed by atoms with Gasteiger partial charge >= 0.3 is 0 Å². The number of carbonyl (C=O) groups is 2. The molecule has 0 radical (unpaired) electrons. The van der Waals surface area contributed by atoms with E-state index in [0.717, 1.165) is 24.8 Å². The number of rotatable bonds is 8. The summed E-state index contributed by atoms with van der Waals surface area (Å²) in [5.41, 5.74) is 1.68. The van der Waals surface area contributed by atoms with Crippen molar-refractivity contribution in [1.82, 2.24) is 5.32 Å². The second kappa shape index (κ2) is 8.78. The van der Waals surface area contributed by atoms with E-state index in [1.165, 1.54) is 6.26 Å². The molecule has 1 aromatic carbocycles. The third kappa shape index (κ3) is 5.62. The molecule has 0 spiro atoms. The summed E-state index contributed by atoms with van der Waals surface area (Å²) in [4.78, 5) is 23.5. The second-order valence-corrected chi connectivity index (χ2v) is 5.36. The summed E-state index contributed by atoms with van der Waals surface area (Å²) in [5, 5.41) is 5.65. The summed E-state index contributed by atoms with van der Waals surface area (Å²) in [5.74, 6) is 0.0639. The van der Waals surface area contributed by atoms with Crippen molar-refractivity contribution < 1.29 is 14.0 Å². The standard InChI is InChI=1S/C18H22N2O3/c1-2-3-4-7-17(21)19-13-14-8-10-15(11-9-14)20-18(22)16-6-5-12-23-16/h5-6,8-12H,2-4,7,13H2,1H3,(H,19,21)(H,20,22). The normalized spacial score (nSPS) is 10.3. The summed E-state index contributed by atoms with van der Waals surface area (Å²) in [6, 6.07) is 10.6. The molecule has 2 N–H and O–H groups in total. The van der Waals surface area contributed by atoms with E-state index < -0.39 is 0 Å². The maximum absolute atomic E-state index is 11.8. The Labute approximate surface area is 136 Å². The molecule has 2 rings (SSSR count). The zero-order valence-electron chi connectivity index (χ0n) is 13.3. The molecule has 5 heteroatoms. The highest BCUT2D eigenvalue weighted by atomic mass is 16.3. The Morgan fingerprint density at radius 3 is 2.52 bits per heavy atom. The molecular formula is C18H22N2O3. The van der Waals surface area contributed by atoms with E-state index in [-0.39, 0.29) is 17.6 Å². The van der Waals surface area contributed by atoms with E-state index in [4.69, 9.17) is 4.42 Å². The first-order valence-corrected chi connectivity index (χ1v) is 7.89. The first-order chi connectivity index (χ1) is 11.2. The first kappa shape index (κ1) is 16.8. The van der Waals surface area contributed by atoms with Gasteiger partial charge in [-0.25, -0.2) is 0 Å². The van der Waals surface area contributed by atoms with Crippen molar-refractivity contribution in [3.63, 3.8) is 0 Å². The van der Waals surface area contributed by atoms with Crippen molar-refractivity contribution in [3.05, 3.63) is 54.0 Å². The fourth-order valence-corrected chi connectivity index (χ4v) is 2.13. The van der Waals surface area contributed by atoms with Crippen LogP contribution in [-0.4, -0.2) is 11.8 Å². The summed E-state index contributed by atoms with van der Waals surface area (Å²) < 4.78 is 5.04. The summed E-state index contributed by atoms with van der Waals surface area (Å²) in [6.07, 6.45) is 5.16. The third-order valence-electron chi connectivity index (χ3n) is 3.45. The van der Waals surface area contributed by atoms with Crippen LogP contribution in [0.25, 0.3) is 0 Å². The highest BCUT2D eigenvalue weighted by Crippen LogP contribution is 2.12. The zero-order valence-corrected chi connectivity index (χ0v) is 13.3. The molecule has 23 heavy (non-hydrogen) atoms. The summed E-state index contributed by atoms with van der Waals surface area (Å²) in [7, 11) is 0. The van der Waals surface area contributed by atoms with Crippen molar-refractivity contribution in [2.45, 2.75) is 39.2 Å². The largest absolute Gasteiger partial charge is 0.459 e. The van der Waals surface area contributed by atoms with Gasteiger partial charge in [0.15, 0.2) is 5.76 Å². The van der Waals surface area contributed by atoms with Gasteiger partial charge in [0.05, 0.1) is 6.26 Å². The minimum Gasteiger partial charge on any atom is -0.459 e. The SMILES string of the molecule is CCCCCC(=O)NCc1ccc(NC(=O)c2ccco2)cc1. The fourth-order valence-electron chi connectivity index (χ4n) is 2.13. The molecule has 0 aliphatic heterocycles. The maximum atomic E-state index is 11.8. The number of hydrogen-bond acceptors (Lipinski definition) is 3. The molecule has 2 aromatic rings. The van der Waals surface area contributed by atoms with Gasteiger partial charge in [-0.1, -0.05) is 31.9 Å². The van der Waals surface area contributed by atoms with Gasteiger partial charge in [-0.3, -0.25) is 9.59 Å². The van der Waals surface area contributed by atoms with Crippen molar-refractivity contribution in [1.29, 1.82) is 0 Å². The van der Waals surface area contributed by atoms with Gasteiger partial charge < -0.3 is 15.1 Å². The molecule has 0 aliphatic rings. The van der Waals surface area contributed by atoms with Crippen molar-refractivity contribution in [2.24, 2.45) is 0 Å². The Hall–Kier alpha value is -2.56. The number of unbranched alkanes of at least 4 members (excludes halogenated alkanes) is 2. The predicted octanol–water partition coefficient (Wildman–Crippen LogP) is 3.73. The van der Waals surface area contributed by atoms with E-state index in [1.807, 2.05) is 12.1 Å². The smallest absolute Gasteiger partial charge is 0.291 e. The molecule has 5 nitrogen and oxygen atoms in total. The molecule has 0 saturated heterocycles. The van der Waals surface area contributed by atoms with Crippen LogP contribution in [-0.2, 0) is 11.3 Å². The minimum absolute atomic E-state index is 0.0775. The van der Waals surface area contributed by atoms with Gasteiger partial charge in [0.25, 0.3) is 5.91 Å². The number of benzene rings is 1. The summed E-state index contributed by atoms with van der Waals surface area (Å²) in [6.45, 7) is 2.61. The predicted molar refractivity (Wildman–Crippen MR) is 89.1 cm³/mol. The van der Waals surface area contributed by atoms with Crippen LogP contribution in [0, 0.1) is 0 Å². The average Bonchev–Trinajstić information content (AvgIpc) is 3.09. The lowest BCUT2D eigenvalue weighted by atomic mass is 10.2. The monoisotopic (exact) mass is 314 g/mol. The van der Waals surface area contributed by atoms with Crippen LogP contribution in [0.1, 0.15) is 48.7 Å². The Morgan fingerprint density at radius 1 is 1.09 bits per heavy atom. The average molecular weight is 314 g/mol. The minimum atomic E-state index is -0.285. The van der Waals surface area contributed by atoms with Crippen LogP contribution >= 0.6 is 0 Å². The Kier molecular flexibility index (Phi) is 6.41. The van der Waals surface area contributed by atoms with Gasteiger partial charge in [-0.2, -0.15) is 0 Å². The van der Waals surface area contributed by atoms with Crippen molar-refractivity contribution in [3.8, 4) is 0 Å². The van der Waals surface area contributed by atoms with Gasteiger partial charge in [0.1, 0.15) is 0 Å². The maximum Gasteiger partial charge on any atom is 0.291 e. The Bertz CT molecular complexity index is 618. The highest BCUT2D eigenvalue weighted by molar-refractivity contribution is 6.02. The number of carbonyl (C=O) groups excluding carboxylic acids is 2. The Balaban J connectivity index is 1.78. The highest BCUT2D eigenvalue weighted by Gasteiger charge is 2.08. The number of furan rings is 1. The molecule has 0 aliphatic carbocycles. The molecule has 0 bridgehead atoms. The molecule has 0 saturated carbocycles. The number of amides is 2. The van der Waals surface area contributed by atoms with Crippen molar-refractivity contribution in [2.75, 3.05) is 5.32 Å². The van der Waals surface area contributed by atoms with Gasteiger partial charge in [-0.05, 0) is 36.2 Å². The molecule has 122 valence electrons. The van der Waals surface area contributed by atoms with Gasteiger partial charge in [0.2, 0.25) is 5.91 Å². The molecule has 2 amide bonds.